The van der Waals surface area contributed by atoms with E-state index in [0.29, 0.717) is 6.04 Å². The summed E-state index contributed by atoms with van der Waals surface area (Å²) in [6, 6.07) is 9.24. The number of hydrogen-bond acceptors (Lipinski definition) is 1. The zero-order valence-corrected chi connectivity index (χ0v) is 11.6. The average molecular weight is 260 g/mol. The zero-order chi connectivity index (χ0) is 13.7. The molecule has 2 nitrogen and oxygen atoms in total. The Morgan fingerprint density at radius 2 is 1.89 bits per heavy atom. The minimum absolute atomic E-state index is 0.176. The van der Waals surface area contributed by atoms with Gasteiger partial charge in [0.05, 0.1) is 0 Å². The minimum Gasteiger partial charge on any atom is -0.354 e. The van der Waals surface area contributed by atoms with E-state index in [0.717, 1.165) is 25.1 Å². The Balaban J connectivity index is 1.81. The number of halogens is 1. The predicted octanol–water partition coefficient (Wildman–Crippen LogP) is 3.37. The molecular weight excluding hydrogens is 239 g/mol. The Morgan fingerprint density at radius 3 is 2.53 bits per heavy atom. The molecule has 19 heavy (non-hydrogen) atoms. The quantitative estimate of drug-likeness (QED) is 0.842. The summed E-state index contributed by atoms with van der Waals surface area (Å²) in [5, 5.41) is 3.49. The van der Waals surface area contributed by atoms with Gasteiger partial charge in [0, 0.05) is 31.5 Å². The van der Waals surface area contributed by atoms with Crippen LogP contribution < -0.4 is 5.32 Å². The predicted molar refractivity (Wildman–Crippen MR) is 76.5 cm³/mol. The van der Waals surface area contributed by atoms with E-state index in [4.69, 9.17) is 0 Å². The van der Waals surface area contributed by atoms with E-state index in [1.807, 2.05) is 12.1 Å². The van der Waals surface area contributed by atoms with E-state index >= 15 is 0 Å². The van der Waals surface area contributed by atoms with Gasteiger partial charge in [0.2, 0.25) is 0 Å². The van der Waals surface area contributed by atoms with Crippen LogP contribution in [0.3, 0.4) is 0 Å². The Morgan fingerprint density at radius 1 is 1.16 bits per heavy atom. The highest BCUT2D eigenvalue weighted by molar-refractivity contribution is 5.17. The summed E-state index contributed by atoms with van der Waals surface area (Å²) in [6.45, 7) is 6.16. The molecule has 2 rings (SSSR count). The number of aromatic nitrogens is 1. The lowest BCUT2D eigenvalue weighted by atomic mass is 10.1. The van der Waals surface area contributed by atoms with Crippen molar-refractivity contribution >= 4 is 0 Å². The third kappa shape index (κ3) is 4.21. The van der Waals surface area contributed by atoms with Crippen molar-refractivity contribution in [3.05, 3.63) is 59.7 Å². The highest BCUT2D eigenvalue weighted by atomic mass is 19.1. The monoisotopic (exact) mass is 260 g/mol. The molecular formula is C16H21FN2. The van der Waals surface area contributed by atoms with Crippen LogP contribution in [0.1, 0.15) is 25.0 Å². The average Bonchev–Trinajstić information content (AvgIpc) is 2.87. The van der Waals surface area contributed by atoms with Crippen molar-refractivity contribution in [3.63, 3.8) is 0 Å². The molecule has 0 aliphatic carbocycles. The molecule has 3 heteroatoms. The molecule has 0 radical (unpaired) electrons. The fourth-order valence-electron chi connectivity index (χ4n) is 2.13. The standard InChI is InChI=1S/C16H21FN2/c1-3-19-9-8-15(12-19)11-18-13(2)10-14-4-6-16(17)7-5-14/h4-9,12-13,18H,3,10-11H2,1-2H3. The molecule has 0 bridgehead atoms. The lowest BCUT2D eigenvalue weighted by molar-refractivity contribution is 0.544. The molecule has 1 aromatic heterocycles. The maximum atomic E-state index is 12.8. The molecule has 0 saturated heterocycles. The van der Waals surface area contributed by atoms with Gasteiger partial charge in [0.1, 0.15) is 5.82 Å². The molecule has 0 saturated carbocycles. The van der Waals surface area contributed by atoms with E-state index in [1.165, 1.54) is 17.7 Å². The second-order valence-corrected chi connectivity index (χ2v) is 4.96. The van der Waals surface area contributed by atoms with Crippen molar-refractivity contribution < 1.29 is 4.39 Å². The number of nitrogens with zero attached hydrogens (tertiary/aromatic N) is 1. The van der Waals surface area contributed by atoms with Crippen LogP contribution in [0.4, 0.5) is 4.39 Å². The summed E-state index contributed by atoms with van der Waals surface area (Å²) >= 11 is 0. The SMILES string of the molecule is CCn1ccc(CNC(C)Cc2ccc(F)cc2)c1. The van der Waals surface area contributed by atoms with Crippen LogP contribution in [-0.4, -0.2) is 10.6 Å². The number of aryl methyl sites for hydroxylation is 1. The second kappa shape index (κ2) is 6.53. The van der Waals surface area contributed by atoms with Gasteiger partial charge < -0.3 is 9.88 Å². The topological polar surface area (TPSA) is 17.0 Å². The highest BCUT2D eigenvalue weighted by Crippen LogP contribution is 2.07. The van der Waals surface area contributed by atoms with E-state index in [1.54, 1.807) is 0 Å². The maximum Gasteiger partial charge on any atom is 0.123 e. The first-order valence-corrected chi connectivity index (χ1v) is 6.80. The first kappa shape index (κ1) is 13.8. The van der Waals surface area contributed by atoms with Crippen LogP contribution in [0.5, 0.6) is 0 Å². The summed E-state index contributed by atoms with van der Waals surface area (Å²) in [5.74, 6) is -0.176. The summed E-state index contributed by atoms with van der Waals surface area (Å²) < 4.78 is 15.0. The fourth-order valence-corrected chi connectivity index (χ4v) is 2.13. The summed E-state index contributed by atoms with van der Waals surface area (Å²) in [7, 11) is 0. The Bertz CT molecular complexity index is 502. The molecule has 0 aliphatic heterocycles. The molecule has 1 heterocycles. The maximum absolute atomic E-state index is 12.8. The number of rotatable bonds is 6. The van der Waals surface area contributed by atoms with Gasteiger partial charge in [-0.3, -0.25) is 0 Å². The fraction of sp³-hybridized carbons (Fsp3) is 0.375. The van der Waals surface area contributed by atoms with Gasteiger partial charge in [-0.05, 0) is 49.6 Å². The molecule has 1 unspecified atom stereocenters. The molecule has 102 valence electrons. The van der Waals surface area contributed by atoms with Crippen LogP contribution in [-0.2, 0) is 19.5 Å². The number of benzene rings is 1. The van der Waals surface area contributed by atoms with Gasteiger partial charge in [-0.1, -0.05) is 12.1 Å². The highest BCUT2D eigenvalue weighted by Gasteiger charge is 2.04. The molecule has 2 aromatic rings. The molecule has 0 fully saturated rings. The molecule has 0 spiro atoms. The van der Waals surface area contributed by atoms with Crippen LogP contribution in [0.2, 0.25) is 0 Å². The first-order valence-electron chi connectivity index (χ1n) is 6.80. The van der Waals surface area contributed by atoms with Gasteiger partial charge in [-0.2, -0.15) is 0 Å². The first-order chi connectivity index (χ1) is 9.17. The Kier molecular flexibility index (Phi) is 4.74. The van der Waals surface area contributed by atoms with Crippen LogP contribution >= 0.6 is 0 Å². The van der Waals surface area contributed by atoms with Crippen molar-refractivity contribution in [1.82, 2.24) is 9.88 Å². The van der Waals surface area contributed by atoms with Crippen molar-refractivity contribution in [1.29, 1.82) is 0 Å². The lowest BCUT2D eigenvalue weighted by Gasteiger charge is -2.13. The van der Waals surface area contributed by atoms with Crippen LogP contribution in [0.15, 0.2) is 42.7 Å². The normalized spacial score (nSPS) is 12.6. The Hall–Kier alpha value is -1.61. The van der Waals surface area contributed by atoms with Gasteiger partial charge >= 0.3 is 0 Å². The molecule has 1 aromatic carbocycles. The van der Waals surface area contributed by atoms with Gasteiger partial charge in [-0.15, -0.1) is 0 Å². The lowest BCUT2D eigenvalue weighted by Crippen LogP contribution is -2.27. The molecule has 0 aliphatic rings. The van der Waals surface area contributed by atoms with Gasteiger partial charge in [-0.25, -0.2) is 4.39 Å². The summed E-state index contributed by atoms with van der Waals surface area (Å²) in [4.78, 5) is 0. The van der Waals surface area contributed by atoms with E-state index in [-0.39, 0.29) is 5.82 Å². The largest absolute Gasteiger partial charge is 0.354 e. The summed E-state index contributed by atoms with van der Waals surface area (Å²) in [6.07, 6.45) is 5.17. The van der Waals surface area contributed by atoms with Crippen LogP contribution in [0, 0.1) is 5.82 Å². The molecule has 0 amide bonds. The summed E-state index contributed by atoms with van der Waals surface area (Å²) in [5.41, 5.74) is 2.46. The van der Waals surface area contributed by atoms with Crippen LogP contribution in [0.25, 0.3) is 0 Å². The van der Waals surface area contributed by atoms with Crippen molar-refractivity contribution in [2.24, 2.45) is 0 Å². The molecule has 1 N–H and O–H groups in total. The van der Waals surface area contributed by atoms with E-state index < -0.39 is 0 Å². The number of nitrogens with one attached hydrogen (secondary N) is 1. The van der Waals surface area contributed by atoms with Crippen molar-refractivity contribution in [2.45, 2.75) is 39.4 Å². The van der Waals surface area contributed by atoms with Gasteiger partial charge in [0.25, 0.3) is 0 Å². The zero-order valence-electron chi connectivity index (χ0n) is 11.6. The third-order valence-corrected chi connectivity index (χ3v) is 3.29. The van der Waals surface area contributed by atoms with Crippen molar-refractivity contribution in [2.75, 3.05) is 0 Å². The number of hydrogen-bond donors (Lipinski definition) is 1. The van der Waals surface area contributed by atoms with E-state index in [9.17, 15) is 4.39 Å². The molecule has 1 atom stereocenters. The second-order valence-electron chi connectivity index (χ2n) is 4.96. The third-order valence-electron chi connectivity index (χ3n) is 3.29. The smallest absolute Gasteiger partial charge is 0.123 e. The van der Waals surface area contributed by atoms with Gasteiger partial charge in [0.15, 0.2) is 0 Å². The minimum atomic E-state index is -0.176. The van der Waals surface area contributed by atoms with Crippen molar-refractivity contribution in [3.8, 4) is 0 Å². The Labute approximate surface area is 114 Å². The van der Waals surface area contributed by atoms with E-state index in [2.05, 4.69) is 42.2 Å².